The van der Waals surface area contributed by atoms with Crippen molar-refractivity contribution in [3.63, 3.8) is 0 Å². The summed E-state index contributed by atoms with van der Waals surface area (Å²) >= 11 is 0. The van der Waals surface area contributed by atoms with Gasteiger partial charge in [-0.25, -0.2) is 0 Å². The lowest BCUT2D eigenvalue weighted by atomic mass is 9.64. The molecule has 1 aliphatic heterocycles. The fraction of sp³-hybridized carbons (Fsp3) is 0.660. The number of phenolic OH excluding ortho intramolecular Hbond substituents is 2. The molecular formula is C47H64NO9-. The van der Waals surface area contributed by atoms with Gasteiger partial charge in [0.2, 0.25) is 5.75 Å². The third-order valence-corrected chi connectivity index (χ3v) is 15.3. The molecule has 5 aliphatic rings. The Morgan fingerprint density at radius 2 is 1.68 bits per heavy atom. The van der Waals surface area contributed by atoms with Gasteiger partial charge in [-0.3, -0.25) is 0 Å². The summed E-state index contributed by atoms with van der Waals surface area (Å²) in [6.45, 7) is -0.534. The van der Waals surface area contributed by atoms with Crippen molar-refractivity contribution < 1.29 is 45.2 Å². The van der Waals surface area contributed by atoms with Crippen molar-refractivity contribution in [3.05, 3.63) is 70.0 Å². The van der Waals surface area contributed by atoms with Crippen molar-refractivity contribution >= 4 is 0 Å². The number of benzene rings is 2. The van der Waals surface area contributed by atoms with Crippen LogP contribution >= 0.6 is 0 Å². The van der Waals surface area contributed by atoms with E-state index in [4.69, 9.17) is 9.47 Å². The normalized spacial score (nSPS) is 31.0. The van der Waals surface area contributed by atoms with E-state index in [1.807, 2.05) is 18.2 Å². The van der Waals surface area contributed by atoms with Crippen LogP contribution in [0.2, 0.25) is 0 Å². The number of ether oxygens (including phenoxy) is 2. The number of hydrogen-bond acceptors (Lipinski definition) is 9. The van der Waals surface area contributed by atoms with E-state index in [9.17, 15) is 35.7 Å². The lowest BCUT2D eigenvalue weighted by Gasteiger charge is -2.46. The second-order valence-corrected chi connectivity index (χ2v) is 18.5. The minimum atomic E-state index is -0.675. The summed E-state index contributed by atoms with van der Waals surface area (Å²) in [6, 6.07) is 7.92. The Morgan fingerprint density at radius 3 is 2.40 bits per heavy atom. The number of phenols is 3. The van der Waals surface area contributed by atoms with Crippen LogP contribution in [0.15, 0.2) is 36.7 Å². The van der Waals surface area contributed by atoms with Gasteiger partial charge in [-0.1, -0.05) is 62.3 Å². The van der Waals surface area contributed by atoms with Crippen LogP contribution in [-0.4, -0.2) is 66.8 Å². The van der Waals surface area contributed by atoms with Crippen LogP contribution in [0.3, 0.4) is 0 Å². The molecule has 0 unspecified atom stereocenters. The molecule has 2 aromatic carbocycles. The zero-order valence-electron chi connectivity index (χ0n) is 33.6. The van der Waals surface area contributed by atoms with Gasteiger partial charge in [0.25, 0.3) is 0 Å². The molecule has 0 bridgehead atoms. The molecule has 0 radical (unpaired) electrons. The maximum absolute atomic E-state index is 11.8. The largest absolute Gasteiger partial charge is 0.670 e. The first-order chi connectivity index (χ1) is 27.6. The molecule has 7 N–H and O–H groups in total. The highest BCUT2D eigenvalue weighted by Crippen LogP contribution is 2.54. The number of nitrogens with zero attached hydrogens (tertiary/aromatic N) is 1. The zero-order valence-corrected chi connectivity index (χ0v) is 33.6. The molecule has 1 aromatic heterocycles. The molecule has 10 nitrogen and oxygen atoms in total. The van der Waals surface area contributed by atoms with E-state index < -0.39 is 42.0 Å². The van der Waals surface area contributed by atoms with Gasteiger partial charge in [-0.15, -0.1) is 0 Å². The predicted molar refractivity (Wildman–Crippen MR) is 215 cm³/mol. The van der Waals surface area contributed by atoms with Crippen molar-refractivity contribution in [1.82, 2.24) is 4.98 Å². The summed E-state index contributed by atoms with van der Waals surface area (Å²) in [5.74, 6) is 0.844. The number of aliphatic hydroxyl groups excluding tert-OH is 3. The quantitative estimate of drug-likeness (QED) is 0.0900. The summed E-state index contributed by atoms with van der Waals surface area (Å²) in [6.07, 6.45) is 17.1. The molecule has 8 rings (SSSR count). The van der Waals surface area contributed by atoms with E-state index in [1.165, 1.54) is 32.8 Å². The van der Waals surface area contributed by atoms with E-state index in [-0.39, 0.29) is 53.3 Å². The summed E-state index contributed by atoms with van der Waals surface area (Å²) in [5.41, 5.74) is 3.52. The third-order valence-electron chi connectivity index (χ3n) is 15.3. The predicted octanol–water partition coefficient (Wildman–Crippen LogP) is 7.76. The summed E-state index contributed by atoms with van der Waals surface area (Å²) in [4.78, 5) is 4.19. The Hall–Kier alpha value is -3.28. The van der Waals surface area contributed by atoms with Crippen LogP contribution in [0.4, 0.5) is 0 Å². The highest BCUT2D eigenvalue weighted by molar-refractivity contribution is 5.64. The minimum Gasteiger partial charge on any atom is -0.670 e. The van der Waals surface area contributed by atoms with Crippen molar-refractivity contribution in [3.8, 4) is 23.0 Å². The van der Waals surface area contributed by atoms with Crippen LogP contribution in [0.5, 0.6) is 23.0 Å². The molecule has 2 heterocycles. The number of aromatic hydroxyl groups is 3. The number of methoxy groups -OCH3 is 1. The third kappa shape index (κ3) is 8.19. The van der Waals surface area contributed by atoms with E-state index in [2.05, 4.69) is 11.1 Å². The number of hydrogen-bond donors (Lipinski definition) is 7. The summed E-state index contributed by atoms with van der Waals surface area (Å²) < 4.78 is 12.6. The van der Waals surface area contributed by atoms with Gasteiger partial charge in [0.15, 0.2) is 11.5 Å². The van der Waals surface area contributed by atoms with Crippen molar-refractivity contribution in [1.29, 1.82) is 0 Å². The van der Waals surface area contributed by atoms with Crippen LogP contribution < -0.4 is 9.72 Å². The van der Waals surface area contributed by atoms with Gasteiger partial charge in [-0.05, 0) is 123 Å². The molecule has 1 saturated heterocycles. The zero-order chi connectivity index (χ0) is 39.8. The molecule has 10 heteroatoms. The van der Waals surface area contributed by atoms with Gasteiger partial charge >= 0.3 is 0 Å². The standard InChI is InChI=1S/C47H64NO9/c1-56-46-36(20-27-15-19-48-25-27)43(37(26-49)44(53)45(46)54)42-24-40(52)33-12-9-31(23-41(33)57-42)30-10-13-38(50)35(22-30)34-21-29(28-6-2-3-7-28)8-11-32(34)39(51)14-18-47(55)16-4-5-17-47/h10,13,15,19,22,25,28-29,31-34,39-42,49-55H,2-9,11-12,14,16-18,20-21,23-24,26H2,1H3/q-1/t29-,31+,32-,33-,34+,39-,40+,41+,42+/m1/s1. The Kier molecular flexibility index (Phi) is 12.2. The molecule has 312 valence electrons. The van der Waals surface area contributed by atoms with E-state index in [0.29, 0.717) is 48.6 Å². The minimum absolute atomic E-state index is 0.0138. The van der Waals surface area contributed by atoms with Crippen molar-refractivity contribution in [2.75, 3.05) is 7.11 Å². The highest BCUT2D eigenvalue weighted by Gasteiger charge is 2.45. The van der Waals surface area contributed by atoms with Gasteiger partial charge in [0.05, 0.1) is 43.7 Å². The van der Waals surface area contributed by atoms with Gasteiger partial charge in [0, 0.05) is 23.5 Å². The van der Waals surface area contributed by atoms with E-state index in [1.54, 1.807) is 12.4 Å². The lowest BCUT2D eigenvalue weighted by Crippen LogP contribution is -2.44. The maximum atomic E-state index is 11.8. The molecule has 3 aromatic rings. The van der Waals surface area contributed by atoms with Crippen molar-refractivity contribution in [2.45, 2.75) is 164 Å². The summed E-state index contributed by atoms with van der Waals surface area (Å²) in [7, 11) is 1.43. The Bertz CT molecular complexity index is 1820. The van der Waals surface area contributed by atoms with Crippen LogP contribution in [0.25, 0.3) is 0 Å². The van der Waals surface area contributed by atoms with Gasteiger partial charge < -0.3 is 50.2 Å². The number of aliphatic hydroxyl groups is 4. The highest BCUT2D eigenvalue weighted by atomic mass is 16.5. The molecule has 0 amide bonds. The van der Waals surface area contributed by atoms with Gasteiger partial charge in [0.1, 0.15) is 5.75 Å². The van der Waals surface area contributed by atoms with E-state index in [0.717, 1.165) is 74.5 Å². The van der Waals surface area contributed by atoms with Crippen LogP contribution in [-0.2, 0) is 17.8 Å². The van der Waals surface area contributed by atoms with Crippen LogP contribution in [0.1, 0.15) is 160 Å². The van der Waals surface area contributed by atoms with Crippen LogP contribution in [0, 0.1) is 23.7 Å². The first-order valence-electron chi connectivity index (χ1n) is 21.9. The molecule has 0 spiro atoms. The summed E-state index contributed by atoms with van der Waals surface area (Å²) in [5, 5.41) is 78.7. The van der Waals surface area contributed by atoms with Crippen molar-refractivity contribution in [2.24, 2.45) is 23.7 Å². The maximum Gasteiger partial charge on any atom is 0.201 e. The molecule has 9 atom stereocenters. The molecule has 57 heavy (non-hydrogen) atoms. The molecule has 4 saturated carbocycles. The molecule has 5 fully saturated rings. The lowest BCUT2D eigenvalue weighted by molar-refractivity contribution is -0.154. The second-order valence-electron chi connectivity index (χ2n) is 18.5. The fourth-order valence-electron chi connectivity index (χ4n) is 12.2. The van der Waals surface area contributed by atoms with E-state index >= 15 is 0 Å². The second kappa shape index (κ2) is 17.1. The SMILES string of the molecule is COc1c(O)c(O)c(CO)c([C@@H]2C[C@H](O)[C@H]3CC[C@H](c4ccc(O)c([C@H]5C[C@H](C6CCCC6)CC[C@H]5[C@H](O)CCC5(O)CCCC5)c4)C[C@@H]3O2)c1Cc1cc[n-]c1. The van der Waals surface area contributed by atoms with Gasteiger partial charge in [-0.2, -0.15) is 12.4 Å². The first-order valence-corrected chi connectivity index (χ1v) is 21.9. The monoisotopic (exact) mass is 786 g/mol. The number of rotatable bonds is 12. The Labute approximate surface area is 337 Å². The first kappa shape index (κ1) is 40.5. The fourth-order valence-corrected chi connectivity index (χ4v) is 12.2. The molecular weight excluding hydrogens is 723 g/mol. The average Bonchev–Trinajstić information content (AvgIpc) is 4.03. The molecule has 4 aliphatic carbocycles. The smallest absolute Gasteiger partial charge is 0.201 e. The topological polar surface area (TPSA) is 174 Å². The average molecular weight is 787 g/mol. The Morgan fingerprint density at radius 1 is 0.895 bits per heavy atom. The Balaban J connectivity index is 1.06. The number of aromatic nitrogens is 1. The number of fused-ring (bicyclic) bond motifs is 1.